The molecule has 168 valence electrons. The number of aromatic nitrogens is 2. The number of morpholine rings is 1. The lowest BCUT2D eigenvalue weighted by molar-refractivity contribution is -0.0440. The molecule has 31 heavy (non-hydrogen) atoms. The number of rotatable bonds is 6. The van der Waals surface area contributed by atoms with E-state index < -0.39 is 15.9 Å². The number of nitrogens with one attached hydrogen (secondary N) is 1. The molecule has 0 bridgehead atoms. The molecule has 2 atom stereocenters. The van der Waals surface area contributed by atoms with Gasteiger partial charge in [-0.25, -0.2) is 13.4 Å². The fraction of sp³-hybridized carbons (Fsp3) is 0.450. The molecule has 1 saturated heterocycles. The summed E-state index contributed by atoms with van der Waals surface area (Å²) in [7, 11) is 1.33. The molecule has 2 heterocycles. The van der Waals surface area contributed by atoms with Crippen molar-refractivity contribution in [3.8, 4) is 5.88 Å². The Morgan fingerprint density at radius 1 is 1.16 bits per heavy atom. The third-order valence-corrected chi connectivity index (χ3v) is 6.63. The van der Waals surface area contributed by atoms with E-state index in [0.717, 1.165) is 0 Å². The highest BCUT2D eigenvalue weighted by molar-refractivity contribution is 7.89. The van der Waals surface area contributed by atoms with Crippen molar-refractivity contribution >= 4 is 27.4 Å². The van der Waals surface area contributed by atoms with Gasteiger partial charge in [-0.15, -0.1) is 0 Å². The van der Waals surface area contributed by atoms with Crippen LogP contribution in [0.25, 0.3) is 0 Å². The Morgan fingerprint density at radius 3 is 2.32 bits per heavy atom. The molecule has 11 heteroatoms. The zero-order chi connectivity index (χ0) is 22.8. The van der Waals surface area contributed by atoms with Crippen molar-refractivity contribution < 1.29 is 22.7 Å². The molecule has 0 spiro atoms. The molecule has 1 fully saturated rings. The normalized spacial score (nSPS) is 19.6. The van der Waals surface area contributed by atoms with E-state index in [9.17, 15) is 13.2 Å². The van der Waals surface area contributed by atoms with Gasteiger partial charge < -0.3 is 19.7 Å². The van der Waals surface area contributed by atoms with Crippen LogP contribution in [0.3, 0.4) is 0 Å². The fourth-order valence-electron chi connectivity index (χ4n) is 3.40. The van der Waals surface area contributed by atoms with Crippen LogP contribution in [-0.2, 0) is 14.8 Å². The molecule has 1 aliphatic rings. The molecule has 1 aromatic carbocycles. The Morgan fingerprint density at radius 2 is 1.77 bits per heavy atom. The Kier molecular flexibility index (Phi) is 6.77. The summed E-state index contributed by atoms with van der Waals surface area (Å²) < 4.78 is 38.2. The highest BCUT2D eigenvalue weighted by Crippen LogP contribution is 2.30. The molecule has 1 amide bonds. The molecule has 2 aromatic rings. The number of anilines is 2. The molecule has 1 N–H and O–H groups in total. The average Bonchev–Trinajstić information content (AvgIpc) is 2.73. The van der Waals surface area contributed by atoms with E-state index in [1.54, 1.807) is 19.0 Å². The minimum atomic E-state index is -3.68. The number of methoxy groups -OCH3 is 1. The van der Waals surface area contributed by atoms with Crippen molar-refractivity contribution in [2.45, 2.75) is 31.0 Å². The van der Waals surface area contributed by atoms with Crippen LogP contribution in [0.1, 0.15) is 24.2 Å². The summed E-state index contributed by atoms with van der Waals surface area (Å²) in [5.41, 5.74) is 0.617. The largest absolute Gasteiger partial charge is 0.479 e. The quantitative estimate of drug-likeness (QED) is 0.707. The van der Waals surface area contributed by atoms with Gasteiger partial charge in [0.1, 0.15) is 12.0 Å². The second kappa shape index (κ2) is 9.16. The minimum Gasteiger partial charge on any atom is -0.479 e. The molecule has 2 unspecified atom stereocenters. The highest BCUT2D eigenvalue weighted by Gasteiger charge is 2.32. The van der Waals surface area contributed by atoms with Gasteiger partial charge in [0, 0.05) is 32.7 Å². The zero-order valence-corrected chi connectivity index (χ0v) is 19.0. The van der Waals surface area contributed by atoms with Crippen LogP contribution in [0.15, 0.2) is 35.5 Å². The van der Waals surface area contributed by atoms with Crippen LogP contribution >= 0.6 is 0 Å². The van der Waals surface area contributed by atoms with E-state index in [4.69, 9.17) is 9.47 Å². The number of sulfonamides is 1. The number of amides is 1. The van der Waals surface area contributed by atoms with Gasteiger partial charge in [-0.3, -0.25) is 4.79 Å². The number of ether oxygens (including phenoxy) is 2. The monoisotopic (exact) mass is 449 g/mol. The summed E-state index contributed by atoms with van der Waals surface area (Å²) >= 11 is 0. The SMILES string of the molecule is COc1ncnc(N(C)C)c1NC(=O)c1ccc(S(=O)(=O)N2CC(C)OC(C)C2)cc1. The molecule has 0 saturated carbocycles. The van der Waals surface area contributed by atoms with Gasteiger partial charge in [0.2, 0.25) is 15.9 Å². The molecule has 1 aliphatic heterocycles. The zero-order valence-electron chi connectivity index (χ0n) is 18.2. The third kappa shape index (κ3) is 4.94. The molecular weight excluding hydrogens is 422 g/mol. The van der Waals surface area contributed by atoms with Crippen LogP contribution in [0.5, 0.6) is 5.88 Å². The van der Waals surface area contributed by atoms with E-state index in [0.29, 0.717) is 17.1 Å². The molecular formula is C20H27N5O5S. The summed E-state index contributed by atoms with van der Waals surface area (Å²) in [5, 5.41) is 2.75. The first-order valence-corrected chi connectivity index (χ1v) is 11.2. The maximum atomic E-state index is 13.0. The summed E-state index contributed by atoms with van der Waals surface area (Å²) in [5.74, 6) is 0.269. The van der Waals surface area contributed by atoms with Crippen LogP contribution in [0.4, 0.5) is 11.5 Å². The summed E-state index contributed by atoms with van der Waals surface area (Å²) in [6.07, 6.45) is 0.978. The lowest BCUT2D eigenvalue weighted by Gasteiger charge is -2.34. The minimum absolute atomic E-state index is 0.125. The predicted molar refractivity (Wildman–Crippen MR) is 116 cm³/mol. The first-order chi connectivity index (χ1) is 14.6. The number of hydrogen-bond donors (Lipinski definition) is 1. The molecule has 0 aliphatic carbocycles. The number of hydrogen-bond acceptors (Lipinski definition) is 8. The van der Waals surface area contributed by atoms with Gasteiger partial charge in [0.15, 0.2) is 5.82 Å². The van der Waals surface area contributed by atoms with E-state index in [-0.39, 0.29) is 36.1 Å². The third-order valence-electron chi connectivity index (χ3n) is 4.79. The van der Waals surface area contributed by atoms with Gasteiger partial charge in [-0.1, -0.05) is 0 Å². The molecule has 0 radical (unpaired) electrons. The van der Waals surface area contributed by atoms with Crippen molar-refractivity contribution in [2.75, 3.05) is 44.5 Å². The lowest BCUT2D eigenvalue weighted by Crippen LogP contribution is -2.48. The summed E-state index contributed by atoms with van der Waals surface area (Å²) in [4.78, 5) is 22.8. The van der Waals surface area contributed by atoms with E-state index in [1.807, 2.05) is 13.8 Å². The maximum Gasteiger partial charge on any atom is 0.255 e. The number of nitrogens with zero attached hydrogens (tertiary/aromatic N) is 4. The smallest absolute Gasteiger partial charge is 0.255 e. The van der Waals surface area contributed by atoms with Gasteiger partial charge in [0.25, 0.3) is 5.91 Å². The fourth-order valence-corrected chi connectivity index (χ4v) is 4.99. The predicted octanol–water partition coefficient (Wildman–Crippen LogP) is 1.60. The van der Waals surface area contributed by atoms with Gasteiger partial charge in [-0.2, -0.15) is 9.29 Å². The maximum absolute atomic E-state index is 13.0. The number of benzene rings is 1. The van der Waals surface area contributed by atoms with Gasteiger partial charge in [-0.05, 0) is 38.1 Å². The van der Waals surface area contributed by atoms with Crippen LogP contribution < -0.4 is 15.0 Å². The first kappa shape index (κ1) is 22.9. The van der Waals surface area contributed by atoms with E-state index >= 15 is 0 Å². The summed E-state index contributed by atoms with van der Waals surface area (Å²) in [6, 6.07) is 5.81. The first-order valence-electron chi connectivity index (χ1n) is 9.76. The average molecular weight is 450 g/mol. The molecule has 3 rings (SSSR count). The second-order valence-corrected chi connectivity index (χ2v) is 9.47. The van der Waals surface area contributed by atoms with Gasteiger partial charge >= 0.3 is 0 Å². The second-order valence-electron chi connectivity index (χ2n) is 7.53. The standard InChI is InChI=1S/C20H27N5O5S/c1-13-10-25(11-14(2)30-13)31(27,28)16-8-6-15(7-9-16)19(26)23-17-18(24(3)4)21-12-22-20(17)29-5/h6-9,12-14H,10-11H2,1-5H3,(H,23,26). The topological polar surface area (TPSA) is 114 Å². The number of carbonyl (C=O) groups is 1. The van der Waals surface area contributed by atoms with Crippen molar-refractivity contribution in [2.24, 2.45) is 0 Å². The lowest BCUT2D eigenvalue weighted by atomic mass is 10.2. The highest BCUT2D eigenvalue weighted by atomic mass is 32.2. The van der Waals surface area contributed by atoms with E-state index in [1.165, 1.54) is 42.0 Å². The van der Waals surface area contributed by atoms with Crippen molar-refractivity contribution in [3.63, 3.8) is 0 Å². The Bertz CT molecular complexity index is 1030. The van der Waals surface area contributed by atoms with Crippen molar-refractivity contribution in [1.82, 2.24) is 14.3 Å². The van der Waals surface area contributed by atoms with Crippen LogP contribution in [-0.4, -0.2) is 75.1 Å². The van der Waals surface area contributed by atoms with Gasteiger partial charge in [0.05, 0.1) is 24.2 Å². The Balaban J connectivity index is 1.82. The molecule has 1 aromatic heterocycles. The van der Waals surface area contributed by atoms with Crippen LogP contribution in [0.2, 0.25) is 0 Å². The van der Waals surface area contributed by atoms with E-state index in [2.05, 4.69) is 15.3 Å². The van der Waals surface area contributed by atoms with Crippen LogP contribution in [0, 0.1) is 0 Å². The van der Waals surface area contributed by atoms with Crippen molar-refractivity contribution in [1.29, 1.82) is 0 Å². The number of carbonyl (C=O) groups excluding carboxylic acids is 1. The Hall–Kier alpha value is -2.76. The van der Waals surface area contributed by atoms with Crippen molar-refractivity contribution in [3.05, 3.63) is 36.2 Å². The molecule has 10 nitrogen and oxygen atoms in total. The Labute approximate surface area is 182 Å². The summed E-state index contributed by atoms with van der Waals surface area (Å²) in [6.45, 7) is 4.26.